The van der Waals surface area contributed by atoms with Crippen molar-refractivity contribution in [2.45, 2.75) is 32.0 Å². The number of quaternary nitrogens is 1. The van der Waals surface area contributed by atoms with Gasteiger partial charge in [0.05, 0.1) is 20.2 Å². The van der Waals surface area contributed by atoms with Crippen LogP contribution in [0.4, 0.5) is 13.2 Å². The molecule has 1 heterocycles. The molecule has 3 atom stereocenters. The Bertz CT molecular complexity index is 621. The molecule has 0 saturated carbocycles. The lowest BCUT2D eigenvalue weighted by Gasteiger charge is -2.32. The Morgan fingerprint density at radius 3 is 2.73 bits per heavy atom. The molecular weight excluding hydrogens is 351 g/mol. The Kier molecular flexibility index (Phi) is 6.88. The number of benzene rings is 1. The molecule has 1 aliphatic rings. The maximum atomic E-state index is 12.9. The monoisotopic (exact) mass is 376 g/mol. The molecule has 0 amide bonds. The van der Waals surface area contributed by atoms with Gasteiger partial charge in [0.2, 0.25) is 0 Å². The lowest BCUT2D eigenvalue weighted by atomic mass is 9.97. The minimum absolute atomic E-state index is 0.0167. The number of ketones is 1. The Labute approximate surface area is 150 Å². The van der Waals surface area contributed by atoms with Crippen molar-refractivity contribution in [2.75, 3.05) is 33.4 Å². The number of piperidine rings is 1. The lowest BCUT2D eigenvalue weighted by Crippen LogP contribution is -3.15. The van der Waals surface area contributed by atoms with E-state index in [-0.39, 0.29) is 31.9 Å². The fourth-order valence-electron chi connectivity index (χ4n) is 3.20. The van der Waals surface area contributed by atoms with E-state index in [1.165, 1.54) is 14.0 Å². The van der Waals surface area contributed by atoms with Crippen LogP contribution < -0.4 is 14.4 Å². The molecule has 0 bridgehead atoms. The minimum Gasteiger partial charge on any atom is -0.493 e. The summed E-state index contributed by atoms with van der Waals surface area (Å²) in [5.41, 5.74) is 0.478. The molecule has 0 spiro atoms. The normalized spacial score (nSPS) is 21.9. The topological polar surface area (TPSA) is 60.2 Å². The van der Waals surface area contributed by atoms with E-state index >= 15 is 0 Å². The highest BCUT2D eigenvalue weighted by molar-refractivity contribution is 5.94. The predicted octanol–water partition coefficient (Wildman–Crippen LogP) is 1.49. The van der Waals surface area contributed by atoms with Gasteiger partial charge in [0.15, 0.2) is 17.3 Å². The maximum absolute atomic E-state index is 12.9. The van der Waals surface area contributed by atoms with E-state index in [1.54, 1.807) is 18.2 Å². The van der Waals surface area contributed by atoms with Crippen LogP contribution in [0.3, 0.4) is 0 Å². The third-order valence-electron chi connectivity index (χ3n) is 4.61. The van der Waals surface area contributed by atoms with Crippen molar-refractivity contribution in [1.82, 2.24) is 0 Å². The van der Waals surface area contributed by atoms with Crippen LogP contribution in [-0.2, 0) is 0 Å². The van der Waals surface area contributed by atoms with Crippen molar-refractivity contribution in [2.24, 2.45) is 5.92 Å². The zero-order chi connectivity index (χ0) is 19.3. The van der Waals surface area contributed by atoms with Gasteiger partial charge in [-0.2, -0.15) is 13.2 Å². The molecule has 1 aromatic rings. The smallest absolute Gasteiger partial charge is 0.397 e. The second-order valence-electron chi connectivity index (χ2n) is 6.68. The van der Waals surface area contributed by atoms with Gasteiger partial charge in [0.1, 0.15) is 25.2 Å². The van der Waals surface area contributed by atoms with Crippen molar-refractivity contribution in [1.29, 1.82) is 0 Å². The van der Waals surface area contributed by atoms with E-state index in [1.807, 2.05) is 0 Å². The van der Waals surface area contributed by atoms with Gasteiger partial charge in [-0.25, -0.2) is 0 Å². The maximum Gasteiger partial charge on any atom is 0.397 e. The van der Waals surface area contributed by atoms with E-state index in [0.29, 0.717) is 30.0 Å². The van der Waals surface area contributed by atoms with E-state index < -0.39 is 18.2 Å². The summed E-state index contributed by atoms with van der Waals surface area (Å²) in [6, 6.07) is 4.72. The number of carbonyl (C=O) groups is 1. The second-order valence-corrected chi connectivity index (χ2v) is 6.68. The molecule has 0 aromatic heterocycles. The van der Waals surface area contributed by atoms with E-state index in [2.05, 4.69) is 0 Å². The second kappa shape index (κ2) is 8.73. The fraction of sp³-hybridized carbons (Fsp3) is 0.611. The van der Waals surface area contributed by atoms with Crippen molar-refractivity contribution in [3.05, 3.63) is 23.8 Å². The van der Waals surface area contributed by atoms with Crippen LogP contribution >= 0.6 is 0 Å². The molecule has 1 unspecified atom stereocenters. The number of hydrogen-bond donors (Lipinski definition) is 2. The minimum atomic E-state index is -4.18. The average molecular weight is 376 g/mol. The van der Waals surface area contributed by atoms with Gasteiger partial charge in [-0.15, -0.1) is 0 Å². The van der Waals surface area contributed by atoms with Crippen molar-refractivity contribution in [3.63, 3.8) is 0 Å². The molecule has 1 fully saturated rings. The van der Waals surface area contributed by atoms with Crippen LogP contribution in [0, 0.1) is 5.92 Å². The first kappa shape index (κ1) is 20.5. The molecule has 146 valence electrons. The van der Waals surface area contributed by atoms with Gasteiger partial charge >= 0.3 is 6.18 Å². The number of aliphatic hydroxyl groups excluding tert-OH is 1. The van der Waals surface area contributed by atoms with Gasteiger partial charge in [-0.3, -0.25) is 4.79 Å². The number of ether oxygens (including phenoxy) is 2. The first-order chi connectivity index (χ1) is 12.2. The third kappa shape index (κ3) is 5.60. The molecule has 1 saturated heterocycles. The molecule has 8 heteroatoms. The number of Topliss-reactive ketones (excluding diaryl/α,β-unsaturated/α-hetero) is 1. The summed E-state index contributed by atoms with van der Waals surface area (Å²) < 4.78 is 49.3. The summed E-state index contributed by atoms with van der Waals surface area (Å²) in [6.45, 7) is 2.17. The molecule has 26 heavy (non-hydrogen) atoms. The van der Waals surface area contributed by atoms with Gasteiger partial charge in [0.25, 0.3) is 0 Å². The van der Waals surface area contributed by atoms with Crippen molar-refractivity contribution >= 4 is 5.78 Å². The van der Waals surface area contributed by atoms with Crippen LogP contribution in [-0.4, -0.2) is 56.5 Å². The van der Waals surface area contributed by atoms with Crippen LogP contribution in [0.15, 0.2) is 18.2 Å². The highest BCUT2D eigenvalue weighted by Gasteiger charge is 2.44. The number of methoxy groups -OCH3 is 1. The SMILES string of the molecule is COc1cc(C(C)=O)ccc1OC[C@H](O)C[NH+]1CCC[C@H](C(F)(F)F)C1. The number of aliphatic hydroxyl groups is 1. The van der Waals surface area contributed by atoms with Crippen LogP contribution in [0.2, 0.25) is 0 Å². The van der Waals surface area contributed by atoms with Crippen molar-refractivity contribution in [3.8, 4) is 11.5 Å². The largest absolute Gasteiger partial charge is 0.493 e. The zero-order valence-electron chi connectivity index (χ0n) is 14.9. The number of likely N-dealkylation sites (tertiary alicyclic amines) is 1. The van der Waals surface area contributed by atoms with E-state index in [4.69, 9.17) is 9.47 Å². The molecule has 1 aliphatic heterocycles. The Morgan fingerprint density at radius 2 is 2.12 bits per heavy atom. The lowest BCUT2D eigenvalue weighted by molar-refractivity contribution is -0.913. The van der Waals surface area contributed by atoms with Crippen LogP contribution in [0.25, 0.3) is 0 Å². The number of halogens is 3. The van der Waals surface area contributed by atoms with Gasteiger partial charge < -0.3 is 19.5 Å². The quantitative estimate of drug-likeness (QED) is 0.708. The third-order valence-corrected chi connectivity index (χ3v) is 4.61. The molecule has 0 radical (unpaired) electrons. The molecule has 0 aliphatic carbocycles. The number of nitrogens with one attached hydrogen (secondary N) is 1. The Balaban J connectivity index is 1.88. The summed E-state index contributed by atoms with van der Waals surface area (Å²) in [7, 11) is 1.44. The predicted molar refractivity (Wildman–Crippen MR) is 88.8 cm³/mol. The first-order valence-electron chi connectivity index (χ1n) is 8.60. The molecule has 1 aromatic carbocycles. The summed E-state index contributed by atoms with van der Waals surface area (Å²) in [5, 5.41) is 10.1. The summed E-state index contributed by atoms with van der Waals surface area (Å²) in [6.07, 6.45) is -4.43. The molecule has 5 nitrogen and oxygen atoms in total. The molecular formula is C18H25F3NO4+. The number of rotatable bonds is 7. The van der Waals surface area contributed by atoms with E-state index in [0.717, 1.165) is 4.90 Å². The average Bonchev–Trinajstić information content (AvgIpc) is 2.59. The van der Waals surface area contributed by atoms with Gasteiger partial charge in [0, 0.05) is 5.56 Å². The summed E-state index contributed by atoms with van der Waals surface area (Å²) in [5.74, 6) is -0.674. The fourth-order valence-corrected chi connectivity index (χ4v) is 3.20. The number of carbonyl (C=O) groups excluding carboxylic acids is 1. The van der Waals surface area contributed by atoms with E-state index in [9.17, 15) is 23.1 Å². The molecule has 2 rings (SSSR count). The molecule has 2 N–H and O–H groups in total. The first-order valence-corrected chi connectivity index (χ1v) is 8.60. The van der Waals surface area contributed by atoms with Crippen molar-refractivity contribution < 1.29 is 37.4 Å². The number of hydrogen-bond acceptors (Lipinski definition) is 4. The zero-order valence-corrected chi connectivity index (χ0v) is 14.9. The summed E-state index contributed by atoms with van der Waals surface area (Å²) >= 11 is 0. The highest BCUT2D eigenvalue weighted by atomic mass is 19.4. The van der Waals surface area contributed by atoms with Gasteiger partial charge in [-0.05, 0) is 38.0 Å². The number of alkyl halides is 3. The summed E-state index contributed by atoms with van der Waals surface area (Å²) in [4.78, 5) is 12.1. The Hall–Kier alpha value is -1.80. The Morgan fingerprint density at radius 1 is 1.38 bits per heavy atom. The van der Waals surface area contributed by atoms with Gasteiger partial charge in [-0.1, -0.05) is 0 Å². The van der Waals surface area contributed by atoms with Crippen LogP contribution in [0.1, 0.15) is 30.1 Å². The van der Waals surface area contributed by atoms with Crippen LogP contribution in [0.5, 0.6) is 11.5 Å². The standard InChI is InChI=1S/C18H24F3NO4/c1-12(23)13-5-6-16(17(8-13)25-2)26-11-15(24)10-22-7-3-4-14(9-22)18(19,20)21/h5-6,8,14-15,24H,3-4,7,9-11H2,1-2H3/p+1/t14-,15+/m0/s1. The highest BCUT2D eigenvalue weighted by Crippen LogP contribution is 2.30.